The number of rotatable bonds is 15. The van der Waals surface area contributed by atoms with E-state index in [1.807, 2.05) is 20.8 Å². The van der Waals surface area contributed by atoms with Gasteiger partial charge in [0.2, 0.25) is 17.7 Å². The molecule has 3 fully saturated rings. The van der Waals surface area contributed by atoms with Gasteiger partial charge in [-0.1, -0.05) is 39.8 Å². The molecule has 3 amide bonds. The molecule has 3 aliphatic rings. The molecule has 0 saturated carbocycles. The Labute approximate surface area is 257 Å². The van der Waals surface area contributed by atoms with Crippen LogP contribution in [0, 0.1) is 17.3 Å². The molecule has 242 valence electrons. The molecule has 0 radical (unpaired) electrons. The zero-order chi connectivity index (χ0) is 32.3. The maximum Gasteiger partial charge on any atom is 0.312 e. The largest absolute Gasteiger partial charge is 0.460 e. The number of aliphatic hydroxyl groups excluding tert-OH is 1. The Hall–Kier alpha value is -2.72. The van der Waals surface area contributed by atoms with Crippen molar-refractivity contribution in [2.24, 2.45) is 17.3 Å². The molecule has 3 heterocycles. The van der Waals surface area contributed by atoms with Gasteiger partial charge < -0.3 is 29.7 Å². The van der Waals surface area contributed by atoms with Gasteiger partial charge >= 0.3 is 5.97 Å². The Morgan fingerprint density at radius 2 is 1.91 bits per heavy atom. The van der Waals surface area contributed by atoms with E-state index in [1.54, 1.807) is 24.0 Å². The van der Waals surface area contributed by atoms with Crippen molar-refractivity contribution in [2.75, 3.05) is 19.7 Å². The number of hydrogen-bond acceptors (Lipinski definition) is 7. The number of carbonyl (C=O) groups is 4. The van der Waals surface area contributed by atoms with Gasteiger partial charge in [0.05, 0.1) is 37.1 Å². The maximum absolute atomic E-state index is 14.7. The monoisotopic (exact) mass is 603 g/mol. The minimum atomic E-state index is -1.20. The first kappa shape index (κ1) is 34.8. The molecule has 1 spiro atoms. The van der Waals surface area contributed by atoms with Crippen LogP contribution in [0.25, 0.3) is 0 Å². The molecule has 2 bridgehead atoms. The molecule has 0 aliphatic carbocycles. The number of aliphatic hydroxyl groups is 1. The quantitative estimate of drug-likeness (QED) is 0.217. The van der Waals surface area contributed by atoms with Crippen LogP contribution >= 0.6 is 0 Å². The lowest BCUT2D eigenvalue weighted by Crippen LogP contribution is -2.62. The lowest BCUT2D eigenvalue weighted by Gasteiger charge is -2.46. The third-order valence-corrected chi connectivity index (χ3v) is 9.07. The third-order valence-electron chi connectivity index (χ3n) is 9.07. The molecule has 7 atom stereocenters. The summed E-state index contributed by atoms with van der Waals surface area (Å²) >= 11 is 0. The first-order valence-corrected chi connectivity index (χ1v) is 15.7. The van der Waals surface area contributed by atoms with E-state index in [0.29, 0.717) is 38.5 Å². The van der Waals surface area contributed by atoms with Crippen LogP contribution < -0.4 is 5.32 Å². The number of carbonyl (C=O) groups excluding carboxylic acids is 4. The van der Waals surface area contributed by atoms with Crippen molar-refractivity contribution in [1.82, 2.24) is 15.1 Å². The molecule has 3 rings (SSSR count). The standard InChI is InChI=1S/C33H53N3O7/c1-10-13-14-24(38)34-18-21(4)42-30(41)25-23-15-16-33(43-23)26(25)28(39)36(22(12-3)19-37)27(33)29(40)35(17-11-2)32(8,9)20-31(5,6)7/h10-11,21-23,25-27,37H,1-2,12-20H2,3-9H3,(H,34,38)/t21-,22+,23-,25+,26+,27-,33+/m1/s1. The highest BCUT2D eigenvalue weighted by molar-refractivity contribution is 5.98. The maximum atomic E-state index is 14.7. The first-order chi connectivity index (χ1) is 20.1. The smallest absolute Gasteiger partial charge is 0.312 e. The van der Waals surface area contributed by atoms with Crippen LogP contribution in [0.15, 0.2) is 25.3 Å². The molecule has 0 aromatic carbocycles. The van der Waals surface area contributed by atoms with Crippen LogP contribution in [0.3, 0.4) is 0 Å². The molecule has 0 aromatic heterocycles. The van der Waals surface area contributed by atoms with Gasteiger partial charge in [-0.15, -0.1) is 13.2 Å². The summed E-state index contributed by atoms with van der Waals surface area (Å²) < 4.78 is 12.3. The highest BCUT2D eigenvalue weighted by atomic mass is 16.6. The Kier molecular flexibility index (Phi) is 10.9. The summed E-state index contributed by atoms with van der Waals surface area (Å²) in [6.07, 6.45) is 5.11. The van der Waals surface area contributed by atoms with Gasteiger partial charge in [-0.3, -0.25) is 19.2 Å². The number of nitrogens with zero attached hydrogens (tertiary/aromatic N) is 2. The average Bonchev–Trinajstić information content (AvgIpc) is 3.56. The van der Waals surface area contributed by atoms with Gasteiger partial charge in [-0.25, -0.2) is 0 Å². The fraction of sp³-hybridized carbons (Fsp3) is 0.758. The highest BCUT2D eigenvalue weighted by Gasteiger charge is 2.76. The topological polar surface area (TPSA) is 125 Å². The van der Waals surface area contributed by atoms with Crippen molar-refractivity contribution in [3.8, 4) is 0 Å². The van der Waals surface area contributed by atoms with Crippen molar-refractivity contribution in [2.45, 2.75) is 122 Å². The number of esters is 1. The Morgan fingerprint density at radius 1 is 1.23 bits per heavy atom. The van der Waals surface area contributed by atoms with E-state index in [9.17, 15) is 24.3 Å². The van der Waals surface area contributed by atoms with E-state index < -0.39 is 53.2 Å². The van der Waals surface area contributed by atoms with Crippen LogP contribution in [0.5, 0.6) is 0 Å². The van der Waals surface area contributed by atoms with Gasteiger partial charge in [0, 0.05) is 18.5 Å². The van der Waals surface area contributed by atoms with E-state index in [4.69, 9.17) is 9.47 Å². The molecule has 10 heteroatoms. The Balaban J connectivity index is 1.95. The molecule has 3 saturated heterocycles. The summed E-state index contributed by atoms with van der Waals surface area (Å²) in [7, 11) is 0. The zero-order valence-corrected chi connectivity index (χ0v) is 27.2. The molecule has 10 nitrogen and oxygen atoms in total. The molecular formula is C33H53N3O7. The van der Waals surface area contributed by atoms with E-state index in [-0.39, 0.29) is 42.8 Å². The molecule has 43 heavy (non-hydrogen) atoms. The second-order valence-corrected chi connectivity index (χ2v) is 14.2. The van der Waals surface area contributed by atoms with Crippen molar-refractivity contribution in [3.05, 3.63) is 25.3 Å². The number of fused-ring (bicyclic) bond motifs is 1. The van der Waals surface area contributed by atoms with Crippen molar-refractivity contribution < 1.29 is 33.8 Å². The van der Waals surface area contributed by atoms with Gasteiger partial charge in [-0.05, 0) is 58.3 Å². The number of hydrogen-bond donors (Lipinski definition) is 2. The van der Waals surface area contributed by atoms with Crippen LogP contribution in [0.1, 0.15) is 87.0 Å². The van der Waals surface area contributed by atoms with E-state index in [2.05, 4.69) is 39.2 Å². The third kappa shape index (κ3) is 7.00. The van der Waals surface area contributed by atoms with Crippen LogP contribution in [-0.4, -0.2) is 93.7 Å². The molecule has 0 unspecified atom stereocenters. The minimum absolute atomic E-state index is 0.0781. The number of nitrogens with one attached hydrogen (secondary N) is 1. The summed E-state index contributed by atoms with van der Waals surface area (Å²) in [5, 5.41) is 13.1. The van der Waals surface area contributed by atoms with Crippen molar-refractivity contribution in [3.63, 3.8) is 0 Å². The minimum Gasteiger partial charge on any atom is -0.460 e. The normalized spacial score (nSPS) is 27.8. The lowest BCUT2D eigenvalue weighted by molar-refractivity contribution is -0.160. The number of likely N-dealkylation sites (tertiary alicyclic amines) is 1. The predicted molar refractivity (Wildman–Crippen MR) is 164 cm³/mol. The Morgan fingerprint density at radius 3 is 2.47 bits per heavy atom. The van der Waals surface area contributed by atoms with Crippen molar-refractivity contribution in [1.29, 1.82) is 0 Å². The molecular weight excluding hydrogens is 550 g/mol. The van der Waals surface area contributed by atoms with Crippen LogP contribution in [0.4, 0.5) is 0 Å². The van der Waals surface area contributed by atoms with Gasteiger partial charge in [0.15, 0.2) is 0 Å². The van der Waals surface area contributed by atoms with Crippen LogP contribution in [0.2, 0.25) is 0 Å². The molecule has 3 aliphatic heterocycles. The summed E-state index contributed by atoms with van der Waals surface area (Å²) in [4.78, 5) is 57.9. The van der Waals surface area contributed by atoms with E-state index >= 15 is 0 Å². The lowest BCUT2D eigenvalue weighted by atomic mass is 9.70. The van der Waals surface area contributed by atoms with Crippen molar-refractivity contribution >= 4 is 23.7 Å². The van der Waals surface area contributed by atoms with Gasteiger partial charge in [-0.2, -0.15) is 0 Å². The SMILES string of the molecule is C=CCCC(=O)NC[C@@H](C)OC(=O)[C@@H]1[C@H]2C(=O)N([C@@H](CC)CO)[C@H](C(=O)N(CC=C)C(C)(C)CC(C)(C)C)[C@]23CC[C@H]1O3. The number of ether oxygens (including phenoxy) is 2. The predicted octanol–water partition coefficient (Wildman–Crippen LogP) is 3.38. The summed E-state index contributed by atoms with van der Waals surface area (Å²) in [6, 6.07) is -1.60. The highest BCUT2D eigenvalue weighted by Crippen LogP contribution is 2.59. The molecule has 0 aromatic rings. The van der Waals surface area contributed by atoms with Crippen LogP contribution in [-0.2, 0) is 28.7 Å². The van der Waals surface area contributed by atoms with E-state index in [1.165, 1.54) is 4.90 Å². The molecule has 2 N–H and O–H groups in total. The second kappa shape index (κ2) is 13.5. The van der Waals surface area contributed by atoms with Gasteiger partial charge in [0.1, 0.15) is 17.7 Å². The fourth-order valence-corrected chi connectivity index (χ4v) is 7.65. The second-order valence-electron chi connectivity index (χ2n) is 14.2. The number of allylic oxidation sites excluding steroid dienone is 1. The zero-order valence-electron chi connectivity index (χ0n) is 27.2. The first-order valence-electron chi connectivity index (χ1n) is 15.7. The fourth-order valence-electron chi connectivity index (χ4n) is 7.65. The summed E-state index contributed by atoms with van der Waals surface area (Å²) in [6.45, 7) is 21.6. The van der Waals surface area contributed by atoms with E-state index in [0.717, 1.165) is 0 Å². The number of amides is 3. The average molecular weight is 604 g/mol. The Bertz CT molecular complexity index is 1080. The summed E-state index contributed by atoms with van der Waals surface area (Å²) in [5.41, 5.74) is -1.86. The summed E-state index contributed by atoms with van der Waals surface area (Å²) in [5.74, 6) is -3.14. The van der Waals surface area contributed by atoms with Gasteiger partial charge in [0.25, 0.3) is 0 Å².